The lowest BCUT2D eigenvalue weighted by Gasteiger charge is -2.11. The van der Waals surface area contributed by atoms with Crippen LogP contribution in [0.3, 0.4) is 0 Å². The number of rotatable bonds is 5. The number of phenols is 2. The molecule has 2 aromatic heterocycles. The molecular weight excluding hydrogens is 384 g/mol. The maximum absolute atomic E-state index is 10.4. The minimum atomic E-state index is -0.199. The third-order valence-corrected chi connectivity index (χ3v) is 4.46. The third-order valence-electron chi connectivity index (χ3n) is 4.46. The standard InChI is InChI=1S/C22H18N4O4/c1-30-14-6-8-16(19(29)11-14)21-24-20(15-7-5-13(12-27)10-18(15)28)25-22(26-21)17-4-2-3-9-23-17/h2-11,27-29H,12H2,1H3. The van der Waals surface area contributed by atoms with Crippen LogP contribution in [0.4, 0.5) is 0 Å². The van der Waals surface area contributed by atoms with Crippen LogP contribution in [-0.4, -0.2) is 42.4 Å². The molecule has 0 bridgehead atoms. The van der Waals surface area contributed by atoms with E-state index in [1.165, 1.54) is 19.2 Å². The average molecular weight is 402 g/mol. The Morgan fingerprint density at radius 1 is 0.800 bits per heavy atom. The summed E-state index contributed by atoms with van der Waals surface area (Å²) in [5.74, 6) is 1.07. The molecule has 3 N–H and O–H groups in total. The summed E-state index contributed by atoms with van der Waals surface area (Å²) in [4.78, 5) is 17.7. The molecule has 0 aliphatic heterocycles. The van der Waals surface area contributed by atoms with Crippen molar-refractivity contribution in [2.24, 2.45) is 0 Å². The maximum Gasteiger partial charge on any atom is 0.182 e. The van der Waals surface area contributed by atoms with Crippen molar-refractivity contribution in [2.45, 2.75) is 6.61 Å². The fraction of sp³-hybridized carbons (Fsp3) is 0.0909. The molecule has 8 heteroatoms. The number of methoxy groups -OCH3 is 1. The Morgan fingerprint density at radius 2 is 1.47 bits per heavy atom. The lowest BCUT2D eigenvalue weighted by Crippen LogP contribution is -2.01. The maximum atomic E-state index is 10.4. The number of aromatic hydroxyl groups is 2. The van der Waals surface area contributed by atoms with Gasteiger partial charge in [-0.05, 0) is 42.0 Å². The number of aliphatic hydroxyl groups excluding tert-OH is 1. The van der Waals surface area contributed by atoms with Crippen molar-refractivity contribution in [3.63, 3.8) is 0 Å². The first-order valence-electron chi connectivity index (χ1n) is 9.07. The molecule has 30 heavy (non-hydrogen) atoms. The summed E-state index contributed by atoms with van der Waals surface area (Å²) in [7, 11) is 1.51. The third kappa shape index (κ3) is 3.76. The molecule has 0 aliphatic carbocycles. The molecule has 0 aliphatic rings. The monoisotopic (exact) mass is 402 g/mol. The Hall–Kier alpha value is -4.04. The van der Waals surface area contributed by atoms with Gasteiger partial charge in [-0.25, -0.2) is 15.0 Å². The lowest BCUT2D eigenvalue weighted by molar-refractivity contribution is 0.281. The van der Waals surface area contributed by atoms with Crippen molar-refractivity contribution in [3.8, 4) is 51.5 Å². The molecule has 2 heterocycles. The number of phenolic OH excluding ortho intramolecular Hbond substituents is 2. The molecule has 4 aromatic rings. The van der Waals surface area contributed by atoms with Crippen molar-refractivity contribution in [3.05, 3.63) is 66.4 Å². The quantitative estimate of drug-likeness (QED) is 0.465. The van der Waals surface area contributed by atoms with E-state index in [-0.39, 0.29) is 35.6 Å². The largest absolute Gasteiger partial charge is 0.507 e. The van der Waals surface area contributed by atoms with Gasteiger partial charge in [0, 0.05) is 12.3 Å². The Labute approximate surface area is 172 Å². The lowest BCUT2D eigenvalue weighted by atomic mass is 10.1. The number of ether oxygens (including phenoxy) is 1. The summed E-state index contributed by atoms with van der Waals surface area (Å²) in [6.07, 6.45) is 1.62. The molecule has 8 nitrogen and oxygen atoms in total. The smallest absolute Gasteiger partial charge is 0.182 e. The molecule has 0 amide bonds. The number of hydrogen-bond acceptors (Lipinski definition) is 8. The summed E-state index contributed by atoms with van der Waals surface area (Å²) in [5, 5.41) is 30.2. The van der Waals surface area contributed by atoms with E-state index in [0.29, 0.717) is 28.1 Å². The van der Waals surface area contributed by atoms with Crippen LogP contribution in [-0.2, 0) is 6.61 Å². The molecule has 2 aromatic carbocycles. The molecule has 150 valence electrons. The van der Waals surface area contributed by atoms with E-state index in [0.717, 1.165) is 0 Å². The molecule has 0 saturated carbocycles. The first-order valence-corrected chi connectivity index (χ1v) is 9.07. The van der Waals surface area contributed by atoms with E-state index in [1.807, 2.05) is 6.07 Å². The molecule has 0 unspecified atom stereocenters. The van der Waals surface area contributed by atoms with Crippen LogP contribution in [0.15, 0.2) is 60.8 Å². The van der Waals surface area contributed by atoms with Gasteiger partial charge >= 0.3 is 0 Å². The minimum absolute atomic E-state index is 0.0571. The second-order valence-corrected chi connectivity index (χ2v) is 6.41. The van der Waals surface area contributed by atoms with Crippen LogP contribution in [0, 0.1) is 0 Å². The zero-order valence-electron chi connectivity index (χ0n) is 16.0. The normalized spacial score (nSPS) is 10.7. The second kappa shape index (κ2) is 8.14. The SMILES string of the molecule is COc1ccc(-c2nc(-c3ccccn3)nc(-c3ccc(CO)cc3O)n2)c(O)c1. The Morgan fingerprint density at radius 3 is 2.03 bits per heavy atom. The summed E-state index contributed by atoms with van der Waals surface area (Å²) in [6.45, 7) is -0.199. The topological polar surface area (TPSA) is 121 Å². The van der Waals surface area contributed by atoms with Crippen LogP contribution in [0.5, 0.6) is 17.2 Å². The Bertz CT molecular complexity index is 1130. The van der Waals surface area contributed by atoms with Crippen LogP contribution < -0.4 is 4.74 Å². The highest BCUT2D eigenvalue weighted by Gasteiger charge is 2.17. The predicted octanol–water partition coefficient (Wildman–Crippen LogP) is 3.18. The number of aromatic nitrogens is 4. The van der Waals surface area contributed by atoms with Crippen molar-refractivity contribution in [1.29, 1.82) is 0 Å². The van der Waals surface area contributed by atoms with Crippen molar-refractivity contribution in [2.75, 3.05) is 7.11 Å². The summed E-state index contributed by atoms with van der Waals surface area (Å²) in [6, 6.07) is 14.9. The highest BCUT2D eigenvalue weighted by atomic mass is 16.5. The first-order chi connectivity index (χ1) is 14.6. The second-order valence-electron chi connectivity index (χ2n) is 6.41. The molecule has 0 fully saturated rings. The Kier molecular flexibility index (Phi) is 5.23. The fourth-order valence-corrected chi connectivity index (χ4v) is 2.92. The summed E-state index contributed by atoms with van der Waals surface area (Å²) in [5.41, 5.74) is 1.81. The van der Waals surface area contributed by atoms with Crippen LogP contribution in [0.2, 0.25) is 0 Å². The highest BCUT2D eigenvalue weighted by Crippen LogP contribution is 2.34. The molecule has 0 spiro atoms. The minimum Gasteiger partial charge on any atom is -0.507 e. The van der Waals surface area contributed by atoms with Gasteiger partial charge in [0.1, 0.15) is 22.9 Å². The summed E-state index contributed by atoms with van der Waals surface area (Å²) < 4.78 is 5.13. The highest BCUT2D eigenvalue weighted by molar-refractivity contribution is 5.71. The van der Waals surface area contributed by atoms with Gasteiger partial charge in [-0.1, -0.05) is 12.1 Å². The molecule has 0 saturated heterocycles. The number of aliphatic hydroxyl groups is 1. The van der Waals surface area contributed by atoms with Crippen molar-refractivity contribution in [1.82, 2.24) is 19.9 Å². The van der Waals surface area contributed by atoms with Gasteiger partial charge in [-0.2, -0.15) is 0 Å². The molecular formula is C22H18N4O4. The average Bonchev–Trinajstić information content (AvgIpc) is 2.79. The number of hydrogen-bond donors (Lipinski definition) is 3. The van der Waals surface area contributed by atoms with E-state index in [4.69, 9.17) is 4.74 Å². The summed E-state index contributed by atoms with van der Waals surface area (Å²) >= 11 is 0. The molecule has 0 radical (unpaired) electrons. The zero-order valence-corrected chi connectivity index (χ0v) is 16.0. The van der Waals surface area contributed by atoms with Crippen LogP contribution in [0.25, 0.3) is 34.3 Å². The van der Waals surface area contributed by atoms with Gasteiger partial charge in [0.05, 0.1) is 24.8 Å². The van der Waals surface area contributed by atoms with E-state index in [2.05, 4.69) is 19.9 Å². The van der Waals surface area contributed by atoms with Crippen LogP contribution in [0.1, 0.15) is 5.56 Å². The van der Waals surface area contributed by atoms with Gasteiger partial charge in [-0.3, -0.25) is 4.98 Å². The number of nitrogens with zero attached hydrogens (tertiary/aromatic N) is 4. The van der Waals surface area contributed by atoms with Gasteiger partial charge in [-0.15, -0.1) is 0 Å². The van der Waals surface area contributed by atoms with Gasteiger partial charge in [0.15, 0.2) is 17.5 Å². The van der Waals surface area contributed by atoms with Crippen molar-refractivity contribution < 1.29 is 20.1 Å². The Balaban J connectivity index is 1.92. The van der Waals surface area contributed by atoms with Gasteiger partial charge in [0.25, 0.3) is 0 Å². The van der Waals surface area contributed by atoms with Gasteiger partial charge in [0.2, 0.25) is 0 Å². The number of benzene rings is 2. The van der Waals surface area contributed by atoms with E-state index in [1.54, 1.807) is 42.6 Å². The predicted molar refractivity (Wildman–Crippen MR) is 110 cm³/mol. The first kappa shape index (κ1) is 19.3. The van der Waals surface area contributed by atoms with Gasteiger partial charge < -0.3 is 20.1 Å². The molecule has 0 atom stereocenters. The molecule has 4 rings (SSSR count). The van der Waals surface area contributed by atoms with E-state index in [9.17, 15) is 15.3 Å². The van der Waals surface area contributed by atoms with E-state index >= 15 is 0 Å². The van der Waals surface area contributed by atoms with E-state index < -0.39 is 0 Å². The van der Waals surface area contributed by atoms with Crippen LogP contribution >= 0.6 is 0 Å². The number of pyridine rings is 1. The zero-order chi connectivity index (χ0) is 21.1. The fourth-order valence-electron chi connectivity index (χ4n) is 2.92. The van der Waals surface area contributed by atoms with Crippen molar-refractivity contribution >= 4 is 0 Å².